The number of aryl methyl sites for hydroxylation is 2. The van der Waals surface area contributed by atoms with E-state index < -0.39 is 64.8 Å². The molecule has 67 heavy (non-hydrogen) atoms. The van der Waals surface area contributed by atoms with Crippen molar-refractivity contribution in [3.8, 4) is 5.75 Å². The molecule has 15 heteroatoms. The van der Waals surface area contributed by atoms with Crippen molar-refractivity contribution in [3.05, 3.63) is 101 Å². The van der Waals surface area contributed by atoms with Gasteiger partial charge in [-0.2, -0.15) is 8.78 Å². The molecule has 3 aromatic carbocycles. The van der Waals surface area contributed by atoms with Gasteiger partial charge in [0.1, 0.15) is 12.1 Å². The van der Waals surface area contributed by atoms with E-state index in [4.69, 9.17) is 0 Å². The molecule has 3 N–H and O–H groups in total. The number of carbonyl (C=O) groups excluding carboxylic acids is 3. The number of rotatable bonds is 25. The first-order chi connectivity index (χ1) is 31.2. The summed E-state index contributed by atoms with van der Waals surface area (Å²) in [5, 5.41) is 16.6. The van der Waals surface area contributed by atoms with E-state index in [9.17, 15) is 46.2 Å². The van der Waals surface area contributed by atoms with E-state index in [2.05, 4.69) is 29.2 Å². The molecule has 2 amide bonds. The number of ether oxygens (including phenoxy) is 1. The van der Waals surface area contributed by atoms with Crippen LogP contribution in [-0.4, -0.2) is 50.1 Å². The largest absolute Gasteiger partial charge is 0.480 e. The molecule has 2 heterocycles. The van der Waals surface area contributed by atoms with Crippen molar-refractivity contribution in [2.45, 2.75) is 156 Å². The number of amides is 2. The summed E-state index contributed by atoms with van der Waals surface area (Å²) >= 11 is 0. The molecule has 2 unspecified atom stereocenters. The zero-order valence-corrected chi connectivity index (χ0v) is 37.9. The first-order valence-electron chi connectivity index (χ1n) is 22.8. The highest BCUT2D eigenvalue weighted by Crippen LogP contribution is 2.30. The van der Waals surface area contributed by atoms with Crippen LogP contribution in [0.3, 0.4) is 0 Å². The van der Waals surface area contributed by atoms with Gasteiger partial charge in [-0.3, -0.25) is 9.59 Å². The molecule has 0 aliphatic rings. The molecule has 10 nitrogen and oxygen atoms in total. The summed E-state index contributed by atoms with van der Waals surface area (Å²) in [4.78, 5) is 49.4. The molecule has 2 aromatic heterocycles. The number of hydrogen-bond donors (Lipinski definition) is 3. The monoisotopic (exact) mass is 943 g/mol. The van der Waals surface area contributed by atoms with Crippen molar-refractivity contribution in [3.63, 3.8) is 0 Å². The van der Waals surface area contributed by atoms with Gasteiger partial charge in [-0.25, -0.2) is 22.8 Å². The predicted molar refractivity (Wildman–Crippen MR) is 255 cm³/mol. The van der Waals surface area contributed by atoms with E-state index in [1.165, 1.54) is 25.7 Å². The van der Waals surface area contributed by atoms with Crippen LogP contribution in [0.25, 0.3) is 21.8 Å². The van der Waals surface area contributed by atoms with Crippen molar-refractivity contribution in [2.24, 2.45) is 14.1 Å². The van der Waals surface area contributed by atoms with Crippen molar-refractivity contribution in [2.75, 3.05) is 0 Å². The number of para-hydroxylation sites is 2. The number of halogens is 5. The third kappa shape index (κ3) is 16.8. The lowest BCUT2D eigenvalue weighted by Crippen LogP contribution is -2.44. The smallest absolute Gasteiger partial charge is 0.334 e. The van der Waals surface area contributed by atoms with E-state index in [0.717, 1.165) is 85.2 Å². The number of carboxylic acid groups (broad SMARTS) is 1. The second kappa shape index (κ2) is 29.1. The summed E-state index contributed by atoms with van der Waals surface area (Å²) in [6, 6.07) is 12.8. The number of benzene rings is 3. The van der Waals surface area contributed by atoms with Crippen LogP contribution in [0, 0.1) is 29.1 Å². The van der Waals surface area contributed by atoms with Crippen LogP contribution in [0.1, 0.15) is 143 Å². The lowest BCUT2D eigenvalue weighted by Gasteiger charge is -2.18. The number of carbonyl (C=O) groups is 4. The van der Waals surface area contributed by atoms with E-state index in [-0.39, 0.29) is 33.6 Å². The fourth-order valence-electron chi connectivity index (χ4n) is 7.87. The van der Waals surface area contributed by atoms with Crippen LogP contribution in [0.2, 0.25) is 0 Å². The summed E-state index contributed by atoms with van der Waals surface area (Å²) in [7, 11) is 3.73. The maximum absolute atomic E-state index is 14.2. The van der Waals surface area contributed by atoms with Crippen LogP contribution in [0.4, 0.5) is 22.0 Å². The average Bonchev–Trinajstić information content (AvgIpc) is 3.79. The molecule has 0 saturated heterocycles. The Balaban J connectivity index is 0.000000471. The van der Waals surface area contributed by atoms with Gasteiger partial charge in [0.05, 0.1) is 0 Å². The molecule has 5 aromatic rings. The molecule has 0 aliphatic heterocycles. The molecular formula is C52H71F5N4O6. The lowest BCUT2D eigenvalue weighted by molar-refractivity contribution is -0.141. The quantitative estimate of drug-likeness (QED) is 0.0133. The molecule has 0 radical (unpaired) electrons. The summed E-state index contributed by atoms with van der Waals surface area (Å²) in [6.07, 6.45) is 19.1. The zero-order chi connectivity index (χ0) is 47.5. The van der Waals surface area contributed by atoms with E-state index >= 15 is 0 Å². The van der Waals surface area contributed by atoms with Crippen LogP contribution in [0.5, 0.6) is 5.75 Å². The van der Waals surface area contributed by atoms with E-state index in [0.29, 0.717) is 24.8 Å². The number of aliphatic carboxylic acids is 1. The summed E-state index contributed by atoms with van der Waals surface area (Å²) in [6.45, 7) is 4.32. The highest BCUT2D eigenvalue weighted by atomic mass is 19.2. The normalized spacial score (nSPS) is 11.8. The van der Waals surface area contributed by atoms with Gasteiger partial charge in [-0.15, -0.1) is 0 Å². The number of esters is 1. The van der Waals surface area contributed by atoms with Gasteiger partial charge >= 0.3 is 11.9 Å². The van der Waals surface area contributed by atoms with Crippen molar-refractivity contribution in [1.29, 1.82) is 0 Å². The Morgan fingerprint density at radius 3 is 1.33 bits per heavy atom. The lowest BCUT2D eigenvalue weighted by atomic mass is 10.0. The van der Waals surface area contributed by atoms with Gasteiger partial charge in [-0.1, -0.05) is 142 Å². The van der Waals surface area contributed by atoms with Crippen LogP contribution >= 0.6 is 0 Å². The Kier molecular flexibility index (Phi) is 24.9. The minimum atomic E-state index is -2.37. The maximum atomic E-state index is 14.2. The maximum Gasteiger partial charge on any atom is 0.334 e. The molecule has 2 atom stereocenters. The number of hydrogen-bond acceptors (Lipinski definition) is 5. The number of nitrogens with zero attached hydrogens (tertiary/aromatic N) is 2. The van der Waals surface area contributed by atoms with Gasteiger partial charge in [0.25, 0.3) is 0 Å². The van der Waals surface area contributed by atoms with Crippen molar-refractivity contribution in [1.82, 2.24) is 19.8 Å². The van der Waals surface area contributed by atoms with Crippen LogP contribution in [0.15, 0.2) is 60.9 Å². The van der Waals surface area contributed by atoms with Crippen molar-refractivity contribution >= 4 is 45.6 Å². The first-order valence-corrected chi connectivity index (χ1v) is 22.8. The average molecular weight is 943 g/mol. The number of aromatic nitrogens is 2. The van der Waals surface area contributed by atoms with Gasteiger partial charge in [0.15, 0.2) is 0 Å². The Labute approximate surface area is 392 Å². The Morgan fingerprint density at radius 1 is 0.552 bits per heavy atom. The number of carboxylic acids is 1. The Bertz CT molecular complexity index is 2330. The van der Waals surface area contributed by atoms with Crippen LogP contribution < -0.4 is 15.4 Å². The SMILES string of the molecule is C.C.CCCCCCCCCC(=O)NC(Cc1cn(C)c2ccccc12)C(=O)O.CCCCCCCCCC(=O)NC(Cc1cn(C)c2ccccc12)C(=O)Oc1c(F)c(F)c(F)c(F)c1F. The minimum absolute atomic E-state index is 0. The number of nitrogens with one attached hydrogen (secondary N) is 2. The highest BCUT2D eigenvalue weighted by molar-refractivity contribution is 5.89. The van der Waals surface area contributed by atoms with E-state index in [1.807, 2.05) is 54.2 Å². The summed E-state index contributed by atoms with van der Waals surface area (Å²) in [5.41, 5.74) is 3.46. The minimum Gasteiger partial charge on any atom is -0.480 e. The fourth-order valence-corrected chi connectivity index (χ4v) is 7.87. The molecule has 0 bridgehead atoms. The number of fused-ring (bicyclic) bond motifs is 2. The second-order valence-corrected chi connectivity index (χ2v) is 16.6. The topological polar surface area (TPSA) is 132 Å². The Hall–Kier alpha value is -5.73. The molecule has 0 spiro atoms. The third-order valence-electron chi connectivity index (χ3n) is 11.4. The standard InChI is InChI=1S/C28H31F5N2O3.C22H32N2O3.2CH4/c1-3-4-5-6-7-8-9-14-21(36)34-19(15-17-16-35(2)20-13-11-10-12-18(17)20)28(37)38-27-25(32)23(30)22(29)24(31)26(27)33;1-3-4-5-6-7-8-9-14-21(25)23-19(22(26)27)15-17-16-24(2)20-13-11-10-12-18(17)20;;/h10-13,16,19H,3-9,14-15H2,1-2H3,(H,34,36);10-13,16,19H,3-9,14-15H2,1-2H3,(H,23,25)(H,26,27);2*1H4. The zero-order valence-electron chi connectivity index (χ0n) is 37.9. The van der Waals surface area contributed by atoms with Crippen molar-refractivity contribution < 1.29 is 51.0 Å². The Morgan fingerprint density at radius 2 is 0.910 bits per heavy atom. The van der Waals surface area contributed by atoms with E-state index in [1.54, 1.807) is 29.9 Å². The molecule has 0 fully saturated rings. The molecule has 5 rings (SSSR count). The first kappa shape index (κ1) is 57.4. The predicted octanol–water partition coefficient (Wildman–Crippen LogP) is 12.4. The fraction of sp³-hybridized carbons (Fsp3) is 0.500. The summed E-state index contributed by atoms with van der Waals surface area (Å²) in [5.74, 6) is -16.1. The third-order valence-corrected chi connectivity index (χ3v) is 11.4. The van der Waals surface area contributed by atoms with Gasteiger partial charge in [0.2, 0.25) is 46.6 Å². The molecule has 370 valence electrons. The molecule has 0 aliphatic carbocycles. The van der Waals surface area contributed by atoms with Gasteiger partial charge < -0.3 is 29.6 Å². The highest BCUT2D eigenvalue weighted by Gasteiger charge is 2.32. The molecule has 0 saturated carbocycles. The molecular weight excluding hydrogens is 872 g/mol. The summed E-state index contributed by atoms with van der Waals surface area (Å²) < 4.78 is 77.5. The number of unbranched alkanes of at least 4 members (excludes halogenated alkanes) is 12. The van der Waals surface area contributed by atoms with Gasteiger partial charge in [-0.05, 0) is 36.1 Å². The van der Waals surface area contributed by atoms with Crippen LogP contribution in [-0.2, 0) is 46.1 Å². The van der Waals surface area contributed by atoms with Gasteiger partial charge in [0, 0.05) is 74.0 Å². The second-order valence-electron chi connectivity index (χ2n) is 16.6.